The lowest BCUT2D eigenvalue weighted by molar-refractivity contribution is -0.298. The molecule has 0 unspecified atom stereocenters. The molecule has 0 amide bonds. The van der Waals surface area contributed by atoms with Gasteiger partial charge < -0.3 is 5.53 Å². The quantitative estimate of drug-likeness (QED) is 0.427. The van der Waals surface area contributed by atoms with Crippen molar-refractivity contribution in [1.82, 2.24) is 0 Å². The summed E-state index contributed by atoms with van der Waals surface area (Å²) >= 11 is 0. The number of hydrogen-bond donors (Lipinski definition) is 1. The molecule has 0 aromatic heterocycles. The molecule has 0 bridgehead atoms. The van der Waals surface area contributed by atoms with Crippen LogP contribution in [0.25, 0.3) is 5.53 Å². The second-order valence-corrected chi connectivity index (χ2v) is 3.30. The first kappa shape index (κ1) is 8.82. The van der Waals surface area contributed by atoms with Crippen LogP contribution in [0.15, 0.2) is 30.3 Å². The van der Waals surface area contributed by atoms with Gasteiger partial charge >= 0.3 is 10.3 Å². The molecule has 1 N–H and O–H groups in total. The molecule has 0 aliphatic heterocycles. The SMILES string of the molecule is [N-]=[N+](c1ccccc1)S(=O)(=O)O. The van der Waals surface area contributed by atoms with Gasteiger partial charge in [0.05, 0.1) is 0 Å². The van der Waals surface area contributed by atoms with Crippen molar-refractivity contribution in [2.45, 2.75) is 0 Å². The molecule has 12 heavy (non-hydrogen) atoms. The van der Waals surface area contributed by atoms with E-state index in [0.29, 0.717) is 0 Å². The first-order chi connectivity index (χ1) is 5.52. The molecule has 0 saturated carbocycles. The summed E-state index contributed by atoms with van der Waals surface area (Å²) in [7, 11) is -4.57. The van der Waals surface area contributed by atoms with E-state index in [4.69, 9.17) is 10.1 Å². The summed E-state index contributed by atoms with van der Waals surface area (Å²) < 4.78 is 28.9. The molecule has 6 heteroatoms. The van der Waals surface area contributed by atoms with Gasteiger partial charge in [-0.2, -0.15) is 0 Å². The van der Waals surface area contributed by atoms with E-state index in [1.54, 1.807) is 6.07 Å². The molecule has 1 rings (SSSR count). The first-order valence-corrected chi connectivity index (χ1v) is 4.43. The van der Waals surface area contributed by atoms with E-state index in [9.17, 15) is 8.42 Å². The molecule has 5 nitrogen and oxygen atoms in total. The molecular weight excluding hydrogens is 180 g/mol. The van der Waals surface area contributed by atoms with Crippen molar-refractivity contribution in [3.63, 3.8) is 0 Å². The lowest BCUT2D eigenvalue weighted by Gasteiger charge is -1.98. The largest absolute Gasteiger partial charge is 0.501 e. The van der Waals surface area contributed by atoms with Gasteiger partial charge in [-0.25, -0.2) is 4.55 Å². The Bertz CT molecular complexity index is 385. The third-order valence-corrected chi connectivity index (χ3v) is 1.84. The summed E-state index contributed by atoms with van der Waals surface area (Å²) in [6.07, 6.45) is 0. The zero-order valence-corrected chi connectivity index (χ0v) is 6.77. The van der Waals surface area contributed by atoms with E-state index in [1.807, 2.05) is 0 Å². The van der Waals surface area contributed by atoms with Crippen LogP contribution in [-0.2, 0) is 10.3 Å². The Hall–Kier alpha value is -1.27. The fourth-order valence-electron chi connectivity index (χ4n) is 0.689. The highest BCUT2D eigenvalue weighted by Crippen LogP contribution is 2.12. The van der Waals surface area contributed by atoms with Gasteiger partial charge in [0.2, 0.25) is 5.69 Å². The van der Waals surface area contributed by atoms with Gasteiger partial charge in [-0.1, -0.05) is 18.2 Å². The molecule has 0 saturated heterocycles. The topological polar surface area (TPSA) is 79.7 Å². The third kappa shape index (κ3) is 1.86. The Labute approximate surface area is 69.6 Å². The molecule has 0 heterocycles. The van der Waals surface area contributed by atoms with Gasteiger partial charge in [-0.05, 0) is 0 Å². The Morgan fingerprint density at radius 1 is 1.25 bits per heavy atom. The molecule has 0 atom stereocenters. The summed E-state index contributed by atoms with van der Waals surface area (Å²) in [6, 6.07) is 7.40. The Morgan fingerprint density at radius 2 is 1.75 bits per heavy atom. The van der Waals surface area contributed by atoms with Crippen LogP contribution in [0.5, 0.6) is 0 Å². The van der Waals surface area contributed by atoms with E-state index < -0.39 is 10.3 Å². The summed E-state index contributed by atoms with van der Waals surface area (Å²) in [5, 5.41) is 0. The molecule has 64 valence electrons. The minimum atomic E-state index is -4.57. The summed E-state index contributed by atoms with van der Waals surface area (Å²) in [5.74, 6) is 0. The third-order valence-electron chi connectivity index (χ3n) is 1.20. The normalized spacial score (nSPS) is 11.1. The molecule has 0 aliphatic rings. The number of nitrogens with zero attached hydrogens (tertiary/aromatic N) is 2. The van der Waals surface area contributed by atoms with Gasteiger partial charge in [0, 0.05) is 12.1 Å². The van der Waals surface area contributed by atoms with Crippen LogP contribution in [0.4, 0.5) is 5.69 Å². The van der Waals surface area contributed by atoms with E-state index in [2.05, 4.69) is 0 Å². The zero-order valence-electron chi connectivity index (χ0n) is 5.95. The lowest BCUT2D eigenvalue weighted by Crippen LogP contribution is -2.10. The van der Waals surface area contributed by atoms with Gasteiger partial charge in [-0.3, -0.25) is 0 Å². The highest BCUT2D eigenvalue weighted by molar-refractivity contribution is 7.79. The predicted octanol–water partition coefficient (Wildman–Crippen LogP) is 1.15. The van der Waals surface area contributed by atoms with Crippen LogP contribution < -0.4 is 0 Å². The number of hydrogen-bond acceptors (Lipinski definition) is 2. The summed E-state index contributed by atoms with van der Waals surface area (Å²) in [4.78, 5) is 0. The van der Waals surface area contributed by atoms with Crippen molar-refractivity contribution >= 4 is 16.0 Å². The average Bonchev–Trinajstić information content (AvgIpc) is 2.03. The number of rotatable bonds is 2. The van der Waals surface area contributed by atoms with Gasteiger partial charge in [0.25, 0.3) is 0 Å². The maximum absolute atomic E-state index is 10.4. The molecule has 0 fully saturated rings. The van der Waals surface area contributed by atoms with E-state index >= 15 is 0 Å². The standard InChI is InChI=1S/C6H6N2O3S/c7-8(12(9,10)11)6-4-2-1-3-5-6/h1-5H,(H,9,10,11). The van der Waals surface area contributed by atoms with Crippen molar-refractivity contribution in [2.24, 2.45) is 0 Å². The molecule has 1 aromatic rings. The summed E-state index contributed by atoms with van der Waals surface area (Å²) in [6.45, 7) is 0. The van der Waals surface area contributed by atoms with Gasteiger partial charge in [-0.15, -0.1) is 12.5 Å². The minimum absolute atomic E-state index is 0.0139. The maximum Gasteiger partial charge on any atom is 0.501 e. The Morgan fingerprint density at radius 3 is 2.17 bits per heavy atom. The van der Waals surface area contributed by atoms with Crippen molar-refractivity contribution in [2.75, 3.05) is 0 Å². The van der Waals surface area contributed by atoms with Crippen LogP contribution in [0.2, 0.25) is 0 Å². The van der Waals surface area contributed by atoms with Crippen molar-refractivity contribution in [3.05, 3.63) is 35.9 Å². The van der Waals surface area contributed by atoms with E-state index in [-0.39, 0.29) is 9.79 Å². The summed E-state index contributed by atoms with van der Waals surface area (Å²) in [5.41, 5.74) is 8.84. The fourth-order valence-corrected chi connectivity index (χ4v) is 1.08. The molecule has 0 radical (unpaired) electrons. The lowest BCUT2D eigenvalue weighted by atomic mass is 10.3. The van der Waals surface area contributed by atoms with Crippen LogP contribution >= 0.6 is 0 Å². The highest BCUT2D eigenvalue weighted by Gasteiger charge is 2.16. The molecule has 0 aliphatic carbocycles. The molecular formula is C6H6N2O3S. The first-order valence-electron chi connectivity index (χ1n) is 3.03. The van der Waals surface area contributed by atoms with Crippen LogP contribution in [-0.4, -0.2) is 17.1 Å². The number of para-hydroxylation sites is 1. The maximum atomic E-state index is 10.4. The van der Waals surface area contributed by atoms with E-state index in [0.717, 1.165) is 0 Å². The Kier molecular flexibility index (Phi) is 2.20. The van der Waals surface area contributed by atoms with Crippen LogP contribution in [0, 0.1) is 0 Å². The zero-order chi connectivity index (χ0) is 9.19. The monoisotopic (exact) mass is 186 g/mol. The van der Waals surface area contributed by atoms with Crippen LogP contribution in [0.1, 0.15) is 0 Å². The minimum Gasteiger partial charge on any atom is -0.478 e. The predicted molar refractivity (Wildman–Crippen MR) is 41.3 cm³/mol. The molecule has 1 aromatic carbocycles. The smallest absolute Gasteiger partial charge is 0.478 e. The van der Waals surface area contributed by atoms with Gasteiger partial charge in [0.15, 0.2) is 0 Å². The number of benzene rings is 1. The van der Waals surface area contributed by atoms with Crippen molar-refractivity contribution < 1.29 is 17.1 Å². The average molecular weight is 186 g/mol. The second kappa shape index (κ2) is 3.00. The molecule has 0 spiro atoms. The highest BCUT2D eigenvalue weighted by atomic mass is 32.2. The van der Waals surface area contributed by atoms with Crippen molar-refractivity contribution in [1.29, 1.82) is 0 Å². The Balaban J connectivity index is 3.11. The van der Waals surface area contributed by atoms with Crippen LogP contribution in [0.3, 0.4) is 0 Å². The fraction of sp³-hybridized carbons (Fsp3) is 0. The van der Waals surface area contributed by atoms with Gasteiger partial charge in [0.1, 0.15) is 0 Å². The van der Waals surface area contributed by atoms with E-state index in [1.165, 1.54) is 24.3 Å². The van der Waals surface area contributed by atoms with Crippen molar-refractivity contribution in [3.8, 4) is 0 Å². The second-order valence-electron chi connectivity index (χ2n) is 2.06.